The number of hydrogen-bond acceptors (Lipinski definition) is 5. The molecule has 0 spiro atoms. The van der Waals surface area contributed by atoms with E-state index in [0.29, 0.717) is 0 Å². The van der Waals surface area contributed by atoms with Crippen LogP contribution in [0.15, 0.2) is 6.07 Å². The SMILES string of the molecule is Cc1nc(NCC#N)cc(N2CCCCCC2)n1. The summed E-state index contributed by atoms with van der Waals surface area (Å²) in [7, 11) is 0. The molecule has 2 heterocycles. The van der Waals surface area contributed by atoms with Crippen LogP contribution >= 0.6 is 0 Å². The molecule has 2 rings (SSSR count). The van der Waals surface area contributed by atoms with Gasteiger partial charge in [-0.3, -0.25) is 0 Å². The lowest BCUT2D eigenvalue weighted by Gasteiger charge is -2.22. The Labute approximate surface area is 108 Å². The van der Waals surface area contributed by atoms with E-state index < -0.39 is 0 Å². The molecule has 1 N–H and O–H groups in total. The molecule has 0 aromatic carbocycles. The van der Waals surface area contributed by atoms with Crippen molar-refractivity contribution < 1.29 is 0 Å². The van der Waals surface area contributed by atoms with Crippen LogP contribution in [0.1, 0.15) is 31.5 Å². The number of anilines is 2. The summed E-state index contributed by atoms with van der Waals surface area (Å²) in [4.78, 5) is 11.1. The number of nitrogens with one attached hydrogen (secondary N) is 1. The summed E-state index contributed by atoms with van der Waals surface area (Å²) in [6.45, 7) is 4.29. The van der Waals surface area contributed by atoms with Gasteiger partial charge in [0.05, 0.1) is 6.07 Å². The predicted molar refractivity (Wildman–Crippen MR) is 71.6 cm³/mol. The highest BCUT2D eigenvalue weighted by atomic mass is 15.2. The Morgan fingerprint density at radius 1 is 1.28 bits per heavy atom. The van der Waals surface area contributed by atoms with Gasteiger partial charge in [-0.2, -0.15) is 5.26 Å². The molecule has 1 aliphatic rings. The highest BCUT2D eigenvalue weighted by Gasteiger charge is 2.12. The zero-order chi connectivity index (χ0) is 12.8. The third kappa shape index (κ3) is 3.33. The van der Waals surface area contributed by atoms with Gasteiger partial charge in [-0.1, -0.05) is 12.8 Å². The number of nitriles is 1. The van der Waals surface area contributed by atoms with E-state index in [1.807, 2.05) is 13.0 Å². The number of rotatable bonds is 3. The molecule has 96 valence electrons. The van der Waals surface area contributed by atoms with Crippen molar-refractivity contribution in [2.75, 3.05) is 29.9 Å². The molecule has 0 atom stereocenters. The lowest BCUT2D eigenvalue weighted by molar-refractivity contribution is 0.726. The van der Waals surface area contributed by atoms with Gasteiger partial charge in [0.25, 0.3) is 0 Å². The molecule has 1 aliphatic heterocycles. The maximum absolute atomic E-state index is 8.59. The van der Waals surface area contributed by atoms with Crippen molar-refractivity contribution in [2.45, 2.75) is 32.6 Å². The maximum Gasteiger partial charge on any atom is 0.134 e. The van der Waals surface area contributed by atoms with Gasteiger partial charge in [0.15, 0.2) is 0 Å². The number of nitrogens with zero attached hydrogens (tertiary/aromatic N) is 4. The predicted octanol–water partition coefficient (Wildman–Crippen LogP) is 2.10. The minimum atomic E-state index is 0.274. The van der Waals surface area contributed by atoms with Crippen LogP contribution in [0.4, 0.5) is 11.6 Å². The van der Waals surface area contributed by atoms with Crippen LogP contribution in [-0.2, 0) is 0 Å². The normalized spacial score (nSPS) is 15.9. The molecule has 5 nitrogen and oxygen atoms in total. The van der Waals surface area contributed by atoms with Gasteiger partial charge in [0.2, 0.25) is 0 Å². The topological polar surface area (TPSA) is 64.8 Å². The molecule has 18 heavy (non-hydrogen) atoms. The monoisotopic (exact) mass is 245 g/mol. The molecule has 1 saturated heterocycles. The van der Waals surface area contributed by atoms with Crippen LogP contribution in [0.25, 0.3) is 0 Å². The van der Waals surface area contributed by atoms with Gasteiger partial charge >= 0.3 is 0 Å². The fourth-order valence-electron chi connectivity index (χ4n) is 2.23. The van der Waals surface area contributed by atoms with Crippen LogP contribution in [-0.4, -0.2) is 29.6 Å². The van der Waals surface area contributed by atoms with Crippen molar-refractivity contribution in [3.8, 4) is 6.07 Å². The zero-order valence-corrected chi connectivity index (χ0v) is 10.8. The summed E-state index contributed by atoms with van der Waals surface area (Å²) in [5, 5.41) is 11.6. The van der Waals surface area contributed by atoms with E-state index in [-0.39, 0.29) is 6.54 Å². The zero-order valence-electron chi connectivity index (χ0n) is 10.8. The fourth-order valence-corrected chi connectivity index (χ4v) is 2.23. The Balaban J connectivity index is 2.15. The second kappa shape index (κ2) is 6.20. The number of hydrogen-bond donors (Lipinski definition) is 1. The Morgan fingerprint density at radius 3 is 2.67 bits per heavy atom. The van der Waals surface area contributed by atoms with Gasteiger partial charge in [-0.25, -0.2) is 9.97 Å². The van der Waals surface area contributed by atoms with Crippen LogP contribution in [0.5, 0.6) is 0 Å². The van der Waals surface area contributed by atoms with Crippen molar-refractivity contribution in [1.82, 2.24) is 9.97 Å². The van der Waals surface area contributed by atoms with E-state index in [1.165, 1.54) is 25.7 Å². The Hall–Kier alpha value is -1.83. The molecule has 1 aromatic heterocycles. The van der Waals surface area contributed by atoms with Crippen LogP contribution < -0.4 is 10.2 Å². The first kappa shape index (κ1) is 12.6. The van der Waals surface area contributed by atoms with Crippen molar-refractivity contribution in [3.05, 3.63) is 11.9 Å². The molecule has 0 bridgehead atoms. The van der Waals surface area contributed by atoms with Gasteiger partial charge in [0.1, 0.15) is 24.0 Å². The lowest BCUT2D eigenvalue weighted by Crippen LogP contribution is -2.25. The smallest absolute Gasteiger partial charge is 0.134 e. The van der Waals surface area contributed by atoms with Gasteiger partial charge in [-0.05, 0) is 19.8 Å². The summed E-state index contributed by atoms with van der Waals surface area (Å²) in [6.07, 6.45) is 5.06. The molecule has 5 heteroatoms. The van der Waals surface area contributed by atoms with Gasteiger partial charge in [0, 0.05) is 19.2 Å². The third-order valence-electron chi connectivity index (χ3n) is 3.10. The van der Waals surface area contributed by atoms with Crippen LogP contribution in [0.3, 0.4) is 0 Å². The average molecular weight is 245 g/mol. The molecule has 0 aliphatic carbocycles. The summed E-state index contributed by atoms with van der Waals surface area (Å²) >= 11 is 0. The van der Waals surface area contributed by atoms with Crippen molar-refractivity contribution in [1.29, 1.82) is 5.26 Å². The summed E-state index contributed by atoms with van der Waals surface area (Å²) in [6, 6.07) is 4.00. The molecule has 0 amide bonds. The van der Waals surface area contributed by atoms with Crippen molar-refractivity contribution in [3.63, 3.8) is 0 Å². The summed E-state index contributed by atoms with van der Waals surface area (Å²) in [5.74, 6) is 2.46. The Morgan fingerprint density at radius 2 is 2.00 bits per heavy atom. The van der Waals surface area contributed by atoms with Crippen LogP contribution in [0, 0.1) is 18.3 Å². The van der Waals surface area contributed by atoms with Crippen molar-refractivity contribution >= 4 is 11.6 Å². The summed E-state index contributed by atoms with van der Waals surface area (Å²) < 4.78 is 0. The van der Waals surface area contributed by atoms with Crippen molar-refractivity contribution in [2.24, 2.45) is 0 Å². The Bertz CT molecular complexity index is 429. The second-order valence-electron chi connectivity index (χ2n) is 4.57. The van der Waals surface area contributed by atoms with E-state index in [4.69, 9.17) is 5.26 Å². The van der Waals surface area contributed by atoms with Gasteiger partial charge in [-0.15, -0.1) is 0 Å². The Kier molecular flexibility index (Phi) is 4.35. The molecule has 1 fully saturated rings. The summed E-state index contributed by atoms with van der Waals surface area (Å²) in [5.41, 5.74) is 0. The van der Waals surface area contributed by atoms with Gasteiger partial charge < -0.3 is 10.2 Å². The number of aryl methyl sites for hydroxylation is 1. The van der Waals surface area contributed by atoms with E-state index in [1.54, 1.807) is 0 Å². The first-order valence-corrected chi connectivity index (χ1v) is 6.51. The molecule has 0 radical (unpaired) electrons. The first-order valence-electron chi connectivity index (χ1n) is 6.51. The highest BCUT2D eigenvalue weighted by molar-refractivity contribution is 5.49. The largest absolute Gasteiger partial charge is 0.357 e. The lowest BCUT2D eigenvalue weighted by atomic mass is 10.2. The number of aromatic nitrogens is 2. The van der Waals surface area contributed by atoms with E-state index in [9.17, 15) is 0 Å². The quantitative estimate of drug-likeness (QED) is 0.826. The first-order chi connectivity index (χ1) is 8.79. The standard InChI is InChI=1S/C13H19N5/c1-11-16-12(15-7-6-14)10-13(17-11)18-8-4-2-3-5-9-18/h10H,2-5,7-9H2,1H3,(H,15,16,17). The van der Waals surface area contributed by atoms with Crippen LogP contribution in [0.2, 0.25) is 0 Å². The van der Waals surface area contributed by atoms with E-state index in [0.717, 1.165) is 30.5 Å². The average Bonchev–Trinajstić information content (AvgIpc) is 2.64. The molecular weight excluding hydrogens is 226 g/mol. The minimum Gasteiger partial charge on any atom is -0.357 e. The fraction of sp³-hybridized carbons (Fsp3) is 0.615. The second-order valence-corrected chi connectivity index (χ2v) is 4.57. The highest BCUT2D eigenvalue weighted by Crippen LogP contribution is 2.19. The third-order valence-corrected chi connectivity index (χ3v) is 3.10. The molecule has 0 saturated carbocycles. The molecular formula is C13H19N5. The van der Waals surface area contributed by atoms with E-state index >= 15 is 0 Å². The maximum atomic E-state index is 8.59. The molecule has 0 unspecified atom stereocenters. The molecule has 1 aromatic rings. The van der Waals surface area contributed by atoms with E-state index in [2.05, 4.69) is 26.3 Å². The minimum absolute atomic E-state index is 0.274.